The van der Waals surface area contributed by atoms with Gasteiger partial charge in [-0.15, -0.1) is 18.9 Å². The van der Waals surface area contributed by atoms with Crippen LogP contribution in [0.3, 0.4) is 0 Å². The molecule has 54 heavy (non-hydrogen) atoms. The third-order valence-electron chi connectivity index (χ3n) is 11.7. The fourth-order valence-electron chi connectivity index (χ4n) is 8.04. The number of pyridine rings is 1. The van der Waals surface area contributed by atoms with Gasteiger partial charge in [0.25, 0.3) is 15.9 Å². The minimum Gasteiger partial charge on any atom is -0.346 e. The summed E-state index contributed by atoms with van der Waals surface area (Å²) in [4.78, 5) is 74.0. The first-order valence-corrected chi connectivity index (χ1v) is 20.1. The number of ketones is 1. The molecule has 1 saturated heterocycles. The molecule has 0 aromatic carbocycles. The lowest BCUT2D eigenvalue weighted by Gasteiger charge is -2.43. The van der Waals surface area contributed by atoms with Gasteiger partial charge in [0.05, 0.1) is 0 Å². The Morgan fingerprint density at radius 2 is 1.76 bits per heavy atom. The van der Waals surface area contributed by atoms with E-state index >= 15 is 0 Å². The van der Waals surface area contributed by atoms with Crippen LogP contribution in [0.1, 0.15) is 80.1 Å². The summed E-state index contributed by atoms with van der Waals surface area (Å²) in [5.74, 6) is -0.661. The first kappa shape index (κ1) is 42.5. The van der Waals surface area contributed by atoms with Crippen molar-refractivity contribution in [1.82, 2.24) is 35.5 Å². The number of nitrogens with zero attached hydrogens (tertiary/aromatic N) is 3. The van der Waals surface area contributed by atoms with E-state index in [-0.39, 0.29) is 48.3 Å². The SMILES string of the molecule is C#CCC(NC(=O)[C@@H]1[C@@H]2[C@H](CN1C(=O)[C@@H](NC(=O)N[C@H](CN(C)S(=O)(=O)c1ccccn1)C(C)(C)C)C1(C)CCCCC1)C2(C)C)C(=O)C(=O)NCC=C. The molecule has 1 aromatic rings. The summed E-state index contributed by atoms with van der Waals surface area (Å²) in [5, 5.41) is 10.9. The summed E-state index contributed by atoms with van der Waals surface area (Å²) < 4.78 is 27.8. The van der Waals surface area contributed by atoms with E-state index in [1.54, 1.807) is 12.1 Å². The number of Topliss-reactive ketones (excluding diaryl/α,β-unsaturated/α-hetero) is 1. The molecule has 5 amide bonds. The summed E-state index contributed by atoms with van der Waals surface area (Å²) in [6.07, 6.45) is 12.2. The van der Waals surface area contributed by atoms with E-state index < -0.39 is 74.6 Å². The number of aromatic nitrogens is 1. The number of rotatable bonds is 15. The molecule has 14 nitrogen and oxygen atoms in total. The zero-order chi connectivity index (χ0) is 40.2. The molecule has 2 heterocycles. The number of urea groups is 1. The predicted molar refractivity (Wildman–Crippen MR) is 204 cm³/mol. The lowest BCUT2D eigenvalue weighted by molar-refractivity contribution is -0.146. The molecule has 1 unspecified atom stereocenters. The molecule has 3 aliphatic rings. The van der Waals surface area contributed by atoms with E-state index in [4.69, 9.17) is 6.42 Å². The molecule has 4 rings (SSSR count). The van der Waals surface area contributed by atoms with Crippen LogP contribution in [-0.4, -0.2) is 103 Å². The topological polar surface area (TPSA) is 187 Å². The van der Waals surface area contributed by atoms with Gasteiger partial charge >= 0.3 is 6.03 Å². The van der Waals surface area contributed by atoms with Crippen molar-refractivity contribution >= 4 is 39.6 Å². The summed E-state index contributed by atoms with van der Waals surface area (Å²) in [6.45, 7) is 15.5. The van der Waals surface area contributed by atoms with E-state index in [2.05, 4.69) is 38.8 Å². The molecule has 1 aromatic heterocycles. The van der Waals surface area contributed by atoms with E-state index in [1.807, 2.05) is 41.5 Å². The maximum atomic E-state index is 14.8. The van der Waals surface area contributed by atoms with Gasteiger partial charge in [-0.2, -0.15) is 4.31 Å². The molecule has 15 heteroatoms. The minimum absolute atomic E-state index is 0.00498. The summed E-state index contributed by atoms with van der Waals surface area (Å²) in [6, 6.07) is 0.0223. The van der Waals surface area contributed by atoms with Crippen molar-refractivity contribution in [2.75, 3.05) is 26.7 Å². The second-order valence-corrected chi connectivity index (χ2v) is 18.9. The normalized spacial score (nSPS) is 23.1. The lowest BCUT2D eigenvalue weighted by atomic mass is 9.70. The van der Waals surface area contributed by atoms with E-state index in [0.29, 0.717) is 12.8 Å². The quantitative estimate of drug-likeness (QED) is 0.119. The first-order chi connectivity index (χ1) is 25.2. The van der Waals surface area contributed by atoms with Gasteiger partial charge in [-0.25, -0.2) is 18.2 Å². The Hall–Kier alpha value is -4.29. The van der Waals surface area contributed by atoms with Crippen LogP contribution in [0.25, 0.3) is 0 Å². The molecule has 0 radical (unpaired) electrons. The Bertz CT molecular complexity index is 1750. The van der Waals surface area contributed by atoms with Crippen LogP contribution in [0, 0.1) is 40.4 Å². The van der Waals surface area contributed by atoms with Crippen molar-refractivity contribution in [3.05, 3.63) is 37.1 Å². The molecule has 0 bridgehead atoms. The van der Waals surface area contributed by atoms with Crippen LogP contribution < -0.4 is 21.3 Å². The Morgan fingerprint density at radius 1 is 1.09 bits per heavy atom. The highest BCUT2D eigenvalue weighted by molar-refractivity contribution is 7.89. The predicted octanol–water partition coefficient (Wildman–Crippen LogP) is 2.62. The number of amides is 5. The molecule has 4 N–H and O–H groups in total. The fraction of sp³-hybridized carbons (Fsp3) is 0.641. The van der Waals surface area contributed by atoms with Crippen molar-refractivity contribution in [2.24, 2.45) is 28.1 Å². The molecular weight excluding hydrogens is 711 g/mol. The van der Waals surface area contributed by atoms with Crippen LogP contribution >= 0.6 is 0 Å². The van der Waals surface area contributed by atoms with Gasteiger partial charge in [-0.1, -0.05) is 72.9 Å². The monoisotopic (exact) mass is 767 g/mol. The largest absolute Gasteiger partial charge is 0.346 e. The number of piperidine rings is 1. The molecule has 2 saturated carbocycles. The first-order valence-electron chi connectivity index (χ1n) is 18.6. The van der Waals surface area contributed by atoms with E-state index in [0.717, 1.165) is 23.6 Å². The highest BCUT2D eigenvalue weighted by Gasteiger charge is 2.70. The number of hydrogen-bond donors (Lipinski definition) is 4. The molecular formula is C39H57N7O7S. The number of likely N-dealkylation sites (N-methyl/N-ethyl adjacent to an activating group) is 1. The standard InChI is InChI=1S/C39H57N7O7S/c1-10-17-26(31(47)34(49)41-21-11-2)42-33(48)30-29-25(38(29,6)7)23-46(30)35(50)32(39(8)19-14-12-15-20-39)44-36(51)43-27(37(3,4)5)24-45(9)54(52,53)28-18-13-16-22-40-28/h1,11,13,16,18,22,25-27,29-30,32H,2,12,14-15,17,19-21,23-24H2,3-9H3,(H,41,49)(H,42,48)(H2,43,44,51)/t25-,26?,27+,29-,30-,32+/m0/s1. The van der Waals surface area contributed by atoms with Gasteiger partial charge in [0.1, 0.15) is 18.1 Å². The van der Waals surface area contributed by atoms with Gasteiger partial charge in [0.2, 0.25) is 17.6 Å². The maximum Gasteiger partial charge on any atom is 0.315 e. The molecule has 1 aliphatic heterocycles. The van der Waals surface area contributed by atoms with Crippen molar-refractivity contribution in [2.45, 2.75) is 109 Å². The number of nitrogens with one attached hydrogen (secondary N) is 4. The number of terminal acetylenes is 1. The van der Waals surface area contributed by atoms with E-state index in [9.17, 15) is 32.4 Å². The zero-order valence-electron chi connectivity index (χ0n) is 32.6. The van der Waals surface area contributed by atoms with Gasteiger partial charge in [0.15, 0.2) is 5.03 Å². The molecule has 2 aliphatic carbocycles. The van der Waals surface area contributed by atoms with Crippen LogP contribution in [0.15, 0.2) is 42.1 Å². The Balaban J connectivity index is 1.59. The van der Waals surface area contributed by atoms with Crippen molar-refractivity contribution in [1.29, 1.82) is 0 Å². The number of sulfonamides is 1. The number of fused-ring (bicyclic) bond motifs is 1. The van der Waals surface area contributed by atoms with Crippen molar-refractivity contribution in [3.63, 3.8) is 0 Å². The fourth-order valence-corrected chi connectivity index (χ4v) is 9.15. The van der Waals surface area contributed by atoms with Crippen LogP contribution in [0.5, 0.6) is 0 Å². The highest BCUT2D eigenvalue weighted by atomic mass is 32.2. The van der Waals surface area contributed by atoms with Gasteiger partial charge < -0.3 is 26.2 Å². The number of hydrogen-bond acceptors (Lipinski definition) is 8. The van der Waals surface area contributed by atoms with Crippen molar-refractivity contribution in [3.8, 4) is 12.3 Å². The summed E-state index contributed by atoms with van der Waals surface area (Å²) >= 11 is 0. The van der Waals surface area contributed by atoms with Crippen LogP contribution in [-0.2, 0) is 29.2 Å². The summed E-state index contributed by atoms with van der Waals surface area (Å²) in [5.41, 5.74) is -1.50. The number of carbonyl (C=O) groups is 5. The molecule has 3 fully saturated rings. The van der Waals surface area contributed by atoms with Crippen LogP contribution in [0.4, 0.5) is 4.79 Å². The Labute approximate surface area is 320 Å². The maximum absolute atomic E-state index is 14.8. The molecule has 296 valence electrons. The van der Waals surface area contributed by atoms with Crippen molar-refractivity contribution < 1.29 is 32.4 Å². The Morgan fingerprint density at radius 3 is 2.33 bits per heavy atom. The second-order valence-electron chi connectivity index (χ2n) is 16.9. The average Bonchev–Trinajstić information content (AvgIpc) is 3.42. The number of carbonyl (C=O) groups excluding carboxylic acids is 5. The zero-order valence-corrected chi connectivity index (χ0v) is 33.4. The second kappa shape index (κ2) is 16.6. The summed E-state index contributed by atoms with van der Waals surface area (Å²) in [7, 11) is -2.53. The molecule has 0 spiro atoms. The smallest absolute Gasteiger partial charge is 0.315 e. The third kappa shape index (κ3) is 9.14. The highest BCUT2D eigenvalue weighted by Crippen LogP contribution is 2.65. The number of likely N-dealkylation sites (tertiary alicyclic amines) is 1. The van der Waals surface area contributed by atoms with Crippen LogP contribution in [0.2, 0.25) is 0 Å². The third-order valence-corrected chi connectivity index (χ3v) is 13.4. The average molecular weight is 768 g/mol. The molecule has 6 atom stereocenters. The van der Waals surface area contributed by atoms with Gasteiger partial charge in [-0.3, -0.25) is 19.2 Å². The minimum atomic E-state index is -3.96. The van der Waals surface area contributed by atoms with E-state index in [1.165, 1.54) is 30.3 Å². The van der Waals surface area contributed by atoms with Gasteiger partial charge in [-0.05, 0) is 53.1 Å². The lowest BCUT2D eigenvalue weighted by Crippen LogP contribution is -2.63. The Kier molecular flexibility index (Phi) is 13.1. The van der Waals surface area contributed by atoms with Gasteiger partial charge in [0, 0.05) is 45.3 Å².